The molecule has 35 heavy (non-hydrogen) atoms. The first-order valence-corrected chi connectivity index (χ1v) is 10.8. The van der Waals surface area contributed by atoms with Crippen LogP contribution in [0.2, 0.25) is 0 Å². The molecule has 1 N–H and O–H groups in total. The molecule has 3 aromatic rings. The zero-order valence-electron chi connectivity index (χ0n) is 19.1. The van der Waals surface area contributed by atoms with Gasteiger partial charge < -0.3 is 14.9 Å². The monoisotopic (exact) mass is 488 g/mol. The van der Waals surface area contributed by atoms with Gasteiger partial charge in [-0.15, -0.1) is 6.58 Å². The Labute approximate surface area is 199 Å². The van der Waals surface area contributed by atoms with Crippen molar-refractivity contribution < 1.29 is 27.5 Å². The topological polar surface area (TPSA) is 61.6 Å². The van der Waals surface area contributed by atoms with Crippen LogP contribution in [0.1, 0.15) is 12.0 Å². The molecule has 0 aliphatic carbocycles. The molecule has 10 heteroatoms. The molecule has 0 fully saturated rings. The number of benzene rings is 2. The summed E-state index contributed by atoms with van der Waals surface area (Å²) in [5, 5.41) is 15.8. The lowest BCUT2D eigenvalue weighted by Gasteiger charge is -2.32. The van der Waals surface area contributed by atoms with Crippen LogP contribution >= 0.6 is 0 Å². The molecule has 0 saturated heterocycles. The standard InChI is InChI=1S/C25H24F4N4O2/c1-4-11-32-15-18(13-22(32)23(34)31(2)3)24(35,25(27,28)29)17-5-10-21-16(12-17)14-30-33(21)20-8-6-19(26)7-9-20/h4-10,12,14-15,22,35H,1,11,13H2,2-3H3. The second kappa shape index (κ2) is 8.84. The average molecular weight is 488 g/mol. The van der Waals surface area contributed by atoms with Crippen LogP contribution in [0.5, 0.6) is 0 Å². The molecule has 2 atom stereocenters. The third kappa shape index (κ3) is 4.18. The highest BCUT2D eigenvalue weighted by molar-refractivity contribution is 5.83. The van der Waals surface area contributed by atoms with Gasteiger partial charge in [-0.2, -0.15) is 18.3 Å². The van der Waals surface area contributed by atoms with Crippen molar-refractivity contribution in [2.24, 2.45) is 0 Å². The van der Waals surface area contributed by atoms with Crippen LogP contribution in [0.3, 0.4) is 0 Å². The highest BCUT2D eigenvalue weighted by Crippen LogP contribution is 2.48. The Balaban J connectivity index is 1.79. The summed E-state index contributed by atoms with van der Waals surface area (Å²) in [7, 11) is 3.05. The second-order valence-electron chi connectivity index (χ2n) is 8.61. The molecule has 0 saturated carbocycles. The largest absolute Gasteiger partial charge is 0.425 e. The first kappa shape index (κ1) is 24.5. The Morgan fingerprint density at radius 3 is 2.51 bits per heavy atom. The number of alkyl halides is 3. The SMILES string of the molecule is C=CCN1C=C(C(O)(c2ccc3c(cnn3-c3ccc(F)cc3)c2)C(F)(F)F)CC1C(=O)N(C)C. The first-order chi connectivity index (χ1) is 16.5. The maximum Gasteiger partial charge on any atom is 0.425 e. The molecule has 1 aromatic heterocycles. The van der Waals surface area contributed by atoms with Crippen LogP contribution in [0.25, 0.3) is 16.6 Å². The van der Waals surface area contributed by atoms with Crippen LogP contribution in [-0.4, -0.2) is 63.5 Å². The first-order valence-electron chi connectivity index (χ1n) is 10.8. The number of amides is 1. The van der Waals surface area contributed by atoms with E-state index in [1.165, 1.54) is 89.5 Å². The van der Waals surface area contributed by atoms with Crippen molar-refractivity contribution in [3.8, 4) is 5.69 Å². The minimum absolute atomic E-state index is 0.144. The van der Waals surface area contributed by atoms with Gasteiger partial charge in [-0.25, -0.2) is 9.07 Å². The van der Waals surface area contributed by atoms with E-state index in [1.54, 1.807) is 0 Å². The Kier molecular flexibility index (Phi) is 6.18. The minimum Gasteiger partial charge on any atom is -0.372 e. The van der Waals surface area contributed by atoms with E-state index in [1.807, 2.05) is 0 Å². The average Bonchev–Trinajstić information content (AvgIpc) is 3.42. The van der Waals surface area contributed by atoms with Gasteiger partial charge in [0, 0.05) is 38.6 Å². The Morgan fingerprint density at radius 1 is 1.23 bits per heavy atom. The number of carbonyl (C=O) groups excluding carboxylic acids is 1. The molecule has 4 rings (SSSR count). The molecule has 2 heterocycles. The number of fused-ring (bicyclic) bond motifs is 1. The number of aromatic nitrogens is 2. The van der Waals surface area contributed by atoms with Crippen molar-refractivity contribution in [3.63, 3.8) is 0 Å². The Morgan fingerprint density at radius 2 is 1.91 bits per heavy atom. The molecule has 1 aliphatic rings. The van der Waals surface area contributed by atoms with Crippen LogP contribution in [-0.2, 0) is 10.4 Å². The summed E-state index contributed by atoms with van der Waals surface area (Å²) in [4.78, 5) is 15.4. The van der Waals surface area contributed by atoms with Gasteiger partial charge >= 0.3 is 6.18 Å². The molecule has 0 radical (unpaired) electrons. The van der Waals surface area contributed by atoms with E-state index in [4.69, 9.17) is 0 Å². The third-order valence-corrected chi connectivity index (χ3v) is 6.13. The number of carbonyl (C=O) groups is 1. The van der Waals surface area contributed by atoms with Gasteiger partial charge in [0.15, 0.2) is 0 Å². The van der Waals surface area contributed by atoms with Gasteiger partial charge in [0.1, 0.15) is 11.9 Å². The van der Waals surface area contributed by atoms with E-state index < -0.39 is 23.6 Å². The predicted molar refractivity (Wildman–Crippen MR) is 123 cm³/mol. The molecule has 6 nitrogen and oxygen atoms in total. The molecular formula is C25H24F4N4O2. The van der Waals surface area contributed by atoms with E-state index in [0.29, 0.717) is 16.6 Å². The zero-order valence-corrected chi connectivity index (χ0v) is 19.1. The lowest BCUT2D eigenvalue weighted by atomic mass is 9.83. The van der Waals surface area contributed by atoms with Crippen molar-refractivity contribution in [2.45, 2.75) is 24.2 Å². The number of nitrogens with zero attached hydrogens (tertiary/aromatic N) is 4. The quantitative estimate of drug-likeness (QED) is 0.419. The van der Waals surface area contributed by atoms with Crippen LogP contribution < -0.4 is 0 Å². The smallest absolute Gasteiger partial charge is 0.372 e. The zero-order chi connectivity index (χ0) is 25.5. The normalized spacial score (nSPS) is 17.9. The van der Waals surface area contributed by atoms with Crippen molar-refractivity contribution in [3.05, 3.63) is 84.5 Å². The molecule has 0 spiro atoms. The van der Waals surface area contributed by atoms with Gasteiger partial charge in [0.05, 0.1) is 17.4 Å². The predicted octanol–water partition coefficient (Wildman–Crippen LogP) is 4.15. The van der Waals surface area contributed by atoms with Gasteiger partial charge in [0.25, 0.3) is 0 Å². The molecular weight excluding hydrogens is 464 g/mol. The van der Waals surface area contributed by atoms with E-state index in [-0.39, 0.29) is 30.0 Å². The maximum atomic E-state index is 14.5. The molecule has 2 unspecified atom stereocenters. The summed E-state index contributed by atoms with van der Waals surface area (Å²) < 4.78 is 58.2. The number of aliphatic hydroxyl groups is 1. The fourth-order valence-electron chi connectivity index (χ4n) is 4.34. The fourth-order valence-corrected chi connectivity index (χ4v) is 4.34. The Hall–Kier alpha value is -3.66. The van der Waals surface area contributed by atoms with Crippen molar-refractivity contribution >= 4 is 16.8 Å². The molecule has 0 bridgehead atoms. The van der Waals surface area contributed by atoms with Crippen molar-refractivity contribution in [2.75, 3.05) is 20.6 Å². The Bertz CT molecular complexity index is 1300. The number of hydrogen-bond donors (Lipinski definition) is 1. The van der Waals surface area contributed by atoms with E-state index in [0.717, 1.165) is 0 Å². The van der Waals surface area contributed by atoms with Gasteiger partial charge in [0.2, 0.25) is 11.5 Å². The fraction of sp³-hybridized carbons (Fsp3) is 0.280. The van der Waals surface area contributed by atoms with E-state index in [2.05, 4.69) is 11.7 Å². The van der Waals surface area contributed by atoms with Gasteiger partial charge in [-0.1, -0.05) is 12.1 Å². The van der Waals surface area contributed by atoms with Crippen LogP contribution in [0, 0.1) is 5.82 Å². The minimum atomic E-state index is -5.06. The maximum absolute atomic E-state index is 14.5. The second-order valence-corrected chi connectivity index (χ2v) is 8.61. The van der Waals surface area contributed by atoms with Crippen molar-refractivity contribution in [1.82, 2.24) is 19.6 Å². The summed E-state index contributed by atoms with van der Waals surface area (Å²) in [6.07, 6.45) is -1.29. The van der Waals surface area contributed by atoms with Crippen molar-refractivity contribution in [1.29, 1.82) is 0 Å². The van der Waals surface area contributed by atoms with Gasteiger partial charge in [-0.3, -0.25) is 4.79 Å². The lowest BCUT2D eigenvalue weighted by Crippen LogP contribution is -2.45. The molecule has 2 aromatic carbocycles. The van der Waals surface area contributed by atoms with Crippen LogP contribution in [0.4, 0.5) is 17.6 Å². The summed E-state index contributed by atoms with van der Waals surface area (Å²) >= 11 is 0. The summed E-state index contributed by atoms with van der Waals surface area (Å²) in [5.41, 5.74) is -3.03. The number of likely N-dealkylation sites (N-methyl/N-ethyl adjacent to an activating group) is 1. The highest BCUT2D eigenvalue weighted by Gasteiger charge is 2.59. The third-order valence-electron chi connectivity index (χ3n) is 6.13. The number of halogens is 4. The lowest BCUT2D eigenvalue weighted by molar-refractivity contribution is -0.250. The van der Waals surface area contributed by atoms with E-state index >= 15 is 0 Å². The van der Waals surface area contributed by atoms with Crippen LogP contribution in [0.15, 0.2) is 73.1 Å². The number of rotatable bonds is 6. The van der Waals surface area contributed by atoms with Gasteiger partial charge in [-0.05, 0) is 47.5 Å². The highest BCUT2D eigenvalue weighted by atomic mass is 19.4. The number of hydrogen-bond acceptors (Lipinski definition) is 4. The molecule has 1 amide bonds. The molecule has 1 aliphatic heterocycles. The summed E-state index contributed by atoms with van der Waals surface area (Å²) in [5.74, 6) is -0.803. The summed E-state index contributed by atoms with van der Waals surface area (Å²) in [6, 6.07) is 8.47. The summed E-state index contributed by atoms with van der Waals surface area (Å²) in [6.45, 7) is 3.76. The molecule has 184 valence electrons. The van der Waals surface area contributed by atoms with E-state index in [9.17, 15) is 27.5 Å².